The lowest BCUT2D eigenvalue weighted by molar-refractivity contribution is -0.127. The summed E-state index contributed by atoms with van der Waals surface area (Å²) in [5.41, 5.74) is 0. The van der Waals surface area contributed by atoms with E-state index < -0.39 is 0 Å². The highest BCUT2D eigenvalue weighted by Gasteiger charge is 2.37. The first-order valence-corrected chi connectivity index (χ1v) is 6.88. The number of carbonyl (C=O) groups is 1. The third-order valence-electron chi connectivity index (χ3n) is 3.85. The molecule has 1 amide bonds. The fraction of sp³-hybridized carbons (Fsp3) is 0.923. The molecular formula is C13H24N2O3. The van der Waals surface area contributed by atoms with Gasteiger partial charge in [0.15, 0.2) is 0 Å². The molecule has 0 aromatic heterocycles. The first-order chi connectivity index (χ1) is 8.74. The number of hydrogen-bond donors (Lipinski definition) is 2. The maximum absolute atomic E-state index is 12.1. The number of methoxy groups -OCH3 is 1. The molecule has 104 valence electrons. The molecule has 1 heterocycles. The van der Waals surface area contributed by atoms with Crippen LogP contribution in [0.15, 0.2) is 0 Å². The number of hydrogen-bond acceptors (Lipinski definition) is 4. The topological polar surface area (TPSA) is 59.6 Å². The van der Waals surface area contributed by atoms with Gasteiger partial charge in [-0.1, -0.05) is 6.92 Å². The first kappa shape index (κ1) is 13.8. The third-order valence-corrected chi connectivity index (χ3v) is 3.85. The van der Waals surface area contributed by atoms with Crippen molar-refractivity contribution in [1.29, 1.82) is 0 Å². The number of ether oxygens (including phenoxy) is 2. The molecule has 0 spiro atoms. The van der Waals surface area contributed by atoms with E-state index in [4.69, 9.17) is 9.47 Å². The minimum Gasteiger partial charge on any atom is -0.381 e. The quantitative estimate of drug-likeness (QED) is 0.717. The van der Waals surface area contributed by atoms with Crippen molar-refractivity contribution in [1.82, 2.24) is 10.6 Å². The molecule has 1 aliphatic heterocycles. The molecule has 18 heavy (non-hydrogen) atoms. The largest absolute Gasteiger partial charge is 0.381 e. The standard InChI is InChI=1S/C13H24N2O3/c1-3-4-14-12-8-18-7-11(12)13(16)15-9-5-10(6-9)17-2/h9-12,14H,3-8H2,1-2H3,(H,15,16). The van der Waals surface area contributed by atoms with E-state index in [1.54, 1.807) is 7.11 Å². The van der Waals surface area contributed by atoms with Gasteiger partial charge in [0.05, 0.1) is 25.2 Å². The van der Waals surface area contributed by atoms with Gasteiger partial charge >= 0.3 is 0 Å². The zero-order valence-corrected chi connectivity index (χ0v) is 11.3. The molecule has 2 N–H and O–H groups in total. The average Bonchev–Trinajstić information content (AvgIpc) is 2.78. The third kappa shape index (κ3) is 3.22. The van der Waals surface area contributed by atoms with E-state index in [-0.39, 0.29) is 23.9 Å². The molecule has 2 rings (SSSR count). The lowest BCUT2D eigenvalue weighted by Gasteiger charge is -2.35. The van der Waals surface area contributed by atoms with Crippen LogP contribution >= 0.6 is 0 Å². The molecule has 1 saturated heterocycles. The second-order valence-corrected chi connectivity index (χ2v) is 5.24. The summed E-state index contributed by atoms with van der Waals surface area (Å²) in [6.07, 6.45) is 3.26. The van der Waals surface area contributed by atoms with E-state index in [1.165, 1.54) is 0 Å². The van der Waals surface area contributed by atoms with Crippen LogP contribution in [0.3, 0.4) is 0 Å². The minimum atomic E-state index is -0.0434. The molecule has 0 bridgehead atoms. The molecular weight excluding hydrogens is 232 g/mol. The van der Waals surface area contributed by atoms with Gasteiger partial charge < -0.3 is 20.1 Å². The van der Waals surface area contributed by atoms with Gasteiger partial charge in [0.25, 0.3) is 0 Å². The van der Waals surface area contributed by atoms with E-state index in [9.17, 15) is 4.79 Å². The Morgan fingerprint density at radius 3 is 2.83 bits per heavy atom. The van der Waals surface area contributed by atoms with Crippen molar-refractivity contribution in [3.8, 4) is 0 Å². The fourth-order valence-corrected chi connectivity index (χ4v) is 2.53. The molecule has 0 radical (unpaired) electrons. The molecule has 2 unspecified atom stereocenters. The van der Waals surface area contributed by atoms with Gasteiger partial charge in [0, 0.05) is 19.2 Å². The average molecular weight is 256 g/mol. The van der Waals surface area contributed by atoms with Crippen LogP contribution in [-0.4, -0.2) is 51.0 Å². The second-order valence-electron chi connectivity index (χ2n) is 5.24. The summed E-state index contributed by atoms with van der Waals surface area (Å²) in [5, 5.41) is 6.47. The monoisotopic (exact) mass is 256 g/mol. The lowest BCUT2D eigenvalue weighted by atomic mass is 9.88. The highest BCUT2D eigenvalue weighted by molar-refractivity contribution is 5.80. The first-order valence-electron chi connectivity index (χ1n) is 6.88. The summed E-state index contributed by atoms with van der Waals surface area (Å²) in [6, 6.07) is 0.457. The molecule has 1 saturated carbocycles. The van der Waals surface area contributed by atoms with E-state index in [2.05, 4.69) is 17.6 Å². The summed E-state index contributed by atoms with van der Waals surface area (Å²) in [5.74, 6) is 0.0822. The zero-order chi connectivity index (χ0) is 13.0. The molecule has 0 aromatic rings. The Kier molecular flexibility index (Phi) is 4.97. The van der Waals surface area contributed by atoms with Gasteiger partial charge in [-0.15, -0.1) is 0 Å². The van der Waals surface area contributed by atoms with Crippen LogP contribution in [0.25, 0.3) is 0 Å². The van der Waals surface area contributed by atoms with Crippen LogP contribution in [0.2, 0.25) is 0 Å². The van der Waals surface area contributed by atoms with Crippen LogP contribution in [0.1, 0.15) is 26.2 Å². The summed E-state index contributed by atoms with van der Waals surface area (Å²) < 4.78 is 10.6. The molecule has 2 atom stereocenters. The van der Waals surface area contributed by atoms with Gasteiger partial charge in [-0.25, -0.2) is 0 Å². The Morgan fingerprint density at radius 1 is 1.39 bits per heavy atom. The Morgan fingerprint density at radius 2 is 2.17 bits per heavy atom. The molecule has 2 fully saturated rings. The number of rotatable bonds is 6. The van der Waals surface area contributed by atoms with Gasteiger partial charge in [0.2, 0.25) is 5.91 Å². The van der Waals surface area contributed by atoms with E-state index in [1.807, 2.05) is 0 Å². The molecule has 1 aliphatic carbocycles. The summed E-state index contributed by atoms with van der Waals surface area (Å²) in [7, 11) is 1.72. The molecule has 2 aliphatic rings. The van der Waals surface area contributed by atoms with Gasteiger partial charge in [-0.05, 0) is 25.8 Å². The van der Waals surface area contributed by atoms with Gasteiger partial charge in [0.1, 0.15) is 0 Å². The highest BCUT2D eigenvalue weighted by atomic mass is 16.5. The van der Waals surface area contributed by atoms with Crippen molar-refractivity contribution in [2.45, 2.75) is 44.4 Å². The Hall–Kier alpha value is -0.650. The van der Waals surface area contributed by atoms with Crippen molar-refractivity contribution >= 4 is 5.91 Å². The normalized spacial score (nSPS) is 35.2. The Labute approximate surface area is 109 Å². The van der Waals surface area contributed by atoms with Crippen molar-refractivity contribution in [2.24, 2.45) is 5.92 Å². The predicted octanol–water partition coefficient (Wildman–Crippen LogP) is 0.295. The van der Waals surface area contributed by atoms with Gasteiger partial charge in [-0.2, -0.15) is 0 Å². The van der Waals surface area contributed by atoms with Crippen LogP contribution in [0.4, 0.5) is 0 Å². The molecule has 5 heteroatoms. The number of carbonyl (C=O) groups excluding carboxylic acids is 1. The van der Waals surface area contributed by atoms with Crippen molar-refractivity contribution in [3.05, 3.63) is 0 Å². The smallest absolute Gasteiger partial charge is 0.227 e. The van der Waals surface area contributed by atoms with Crippen LogP contribution < -0.4 is 10.6 Å². The number of nitrogens with one attached hydrogen (secondary N) is 2. The van der Waals surface area contributed by atoms with Crippen LogP contribution in [0.5, 0.6) is 0 Å². The van der Waals surface area contributed by atoms with E-state index in [0.29, 0.717) is 19.3 Å². The molecule has 0 aromatic carbocycles. The predicted molar refractivity (Wildman–Crippen MR) is 68.4 cm³/mol. The SMILES string of the molecule is CCCNC1COCC1C(=O)NC1CC(OC)C1. The van der Waals surface area contributed by atoms with Crippen molar-refractivity contribution in [2.75, 3.05) is 26.9 Å². The Balaban J connectivity index is 1.74. The summed E-state index contributed by atoms with van der Waals surface area (Å²) >= 11 is 0. The zero-order valence-electron chi connectivity index (χ0n) is 11.3. The highest BCUT2D eigenvalue weighted by Crippen LogP contribution is 2.23. The van der Waals surface area contributed by atoms with Crippen molar-refractivity contribution in [3.63, 3.8) is 0 Å². The minimum absolute atomic E-state index is 0.0434. The maximum Gasteiger partial charge on any atom is 0.227 e. The van der Waals surface area contributed by atoms with Crippen LogP contribution in [0, 0.1) is 5.92 Å². The number of amides is 1. The van der Waals surface area contributed by atoms with Crippen LogP contribution in [-0.2, 0) is 14.3 Å². The summed E-state index contributed by atoms with van der Waals surface area (Å²) in [4.78, 5) is 12.1. The molecule has 5 nitrogen and oxygen atoms in total. The van der Waals surface area contributed by atoms with Gasteiger partial charge in [-0.3, -0.25) is 4.79 Å². The summed E-state index contributed by atoms with van der Waals surface area (Å²) in [6.45, 7) is 4.24. The maximum atomic E-state index is 12.1. The van der Waals surface area contributed by atoms with E-state index >= 15 is 0 Å². The second kappa shape index (κ2) is 6.50. The fourth-order valence-electron chi connectivity index (χ4n) is 2.53. The lowest BCUT2D eigenvalue weighted by Crippen LogP contribution is -2.52. The van der Waals surface area contributed by atoms with Crippen molar-refractivity contribution < 1.29 is 14.3 Å². The van der Waals surface area contributed by atoms with E-state index in [0.717, 1.165) is 25.8 Å². The Bertz CT molecular complexity index is 279.